The molecule has 6 rings (SSSR count). The van der Waals surface area contributed by atoms with Gasteiger partial charge < -0.3 is 14.5 Å². The molecule has 242 valence electrons. The molecule has 2 aliphatic rings. The third-order valence-corrected chi connectivity index (χ3v) is 8.08. The molecule has 0 spiro atoms. The Bertz CT molecular complexity index is 2350. The van der Waals surface area contributed by atoms with Gasteiger partial charge in [0.25, 0.3) is 0 Å². The van der Waals surface area contributed by atoms with Crippen LogP contribution in [0.15, 0.2) is 152 Å². The number of allylic oxidation sites excluding steroid dienone is 7. The number of aliphatic carboxylic acids is 1. The number of hydrazone groups is 2. The number of rotatable bonds is 9. The molecule has 0 fully saturated rings. The number of carboxylic acid groups (broad SMARTS) is 1. The quantitative estimate of drug-likeness (QED) is 0.0537. The van der Waals surface area contributed by atoms with Gasteiger partial charge >= 0.3 is 59.1 Å². The van der Waals surface area contributed by atoms with Crippen LogP contribution in [-0.2, 0) is 24.5 Å². The van der Waals surface area contributed by atoms with Gasteiger partial charge in [-0.05, 0) is 102 Å². The molecule has 51 heavy (non-hydrogen) atoms. The molecule has 0 saturated heterocycles. The molecule has 16 heteroatoms. The molecule has 0 unspecified atom stereocenters. The average molecular weight is 717 g/mol. The SMILES string of the molecule is O=C1C=CC(=NNc2ccc(N=Nc3ccc(-c4ccc(N/N=C5\C=CC(=O)C(C(=O)[O-])=C5)cc4)cc3)c3cc(S(=O)(=O)[O-])ccc23)C=C1.[Na+].[Na+]. The Morgan fingerprint density at radius 1 is 0.667 bits per heavy atom. The van der Waals surface area contributed by atoms with Crippen LogP contribution in [0, 0.1) is 0 Å². The summed E-state index contributed by atoms with van der Waals surface area (Å²) in [4.78, 5) is 33.7. The van der Waals surface area contributed by atoms with Crippen molar-refractivity contribution in [1.82, 2.24) is 0 Å². The van der Waals surface area contributed by atoms with E-state index in [2.05, 4.69) is 31.3 Å². The van der Waals surface area contributed by atoms with E-state index in [1.165, 1.54) is 36.4 Å². The minimum Gasteiger partial charge on any atom is -0.744 e. The maximum Gasteiger partial charge on any atom is 1.00 e. The molecule has 0 aliphatic heterocycles. The number of hydrogen-bond donors (Lipinski definition) is 2. The molecule has 0 amide bonds. The predicted molar refractivity (Wildman–Crippen MR) is 181 cm³/mol. The van der Waals surface area contributed by atoms with E-state index in [9.17, 15) is 32.5 Å². The van der Waals surface area contributed by atoms with Crippen molar-refractivity contribution in [2.75, 3.05) is 10.9 Å². The summed E-state index contributed by atoms with van der Waals surface area (Å²) in [5.41, 5.74) is 9.76. The van der Waals surface area contributed by atoms with Crippen LogP contribution in [0.25, 0.3) is 21.9 Å². The van der Waals surface area contributed by atoms with Crippen molar-refractivity contribution in [2.24, 2.45) is 20.4 Å². The fourth-order valence-electron chi connectivity index (χ4n) is 4.74. The normalized spacial score (nSPS) is 14.6. The van der Waals surface area contributed by atoms with Gasteiger partial charge in [-0.15, -0.1) is 5.11 Å². The van der Waals surface area contributed by atoms with Gasteiger partial charge in [-0.1, -0.05) is 30.3 Å². The molecule has 0 heterocycles. The van der Waals surface area contributed by atoms with E-state index in [1.54, 1.807) is 48.6 Å². The number of ketones is 2. The number of fused-ring (bicyclic) bond motifs is 1. The number of azo groups is 1. The summed E-state index contributed by atoms with van der Waals surface area (Å²) in [5, 5.41) is 29.0. The number of hydrogen-bond acceptors (Lipinski definition) is 13. The van der Waals surface area contributed by atoms with Crippen LogP contribution < -0.4 is 75.1 Å². The van der Waals surface area contributed by atoms with Gasteiger partial charge in [0.1, 0.15) is 10.1 Å². The molecular weight excluding hydrogens is 694 g/mol. The van der Waals surface area contributed by atoms with E-state index in [-0.39, 0.29) is 70.6 Å². The number of carboxylic acids is 1. The average Bonchev–Trinajstić information content (AvgIpc) is 3.10. The van der Waals surface area contributed by atoms with Crippen molar-refractivity contribution in [2.45, 2.75) is 4.90 Å². The second-order valence-electron chi connectivity index (χ2n) is 10.5. The van der Waals surface area contributed by atoms with E-state index in [1.807, 2.05) is 24.3 Å². The minimum atomic E-state index is -4.74. The summed E-state index contributed by atoms with van der Waals surface area (Å²) in [6, 6.07) is 21.7. The maximum absolute atomic E-state index is 11.8. The van der Waals surface area contributed by atoms with Gasteiger partial charge in [-0.3, -0.25) is 20.4 Å². The van der Waals surface area contributed by atoms with Crippen LogP contribution in [-0.4, -0.2) is 41.9 Å². The standard InChI is InChI=1S/C35H24N6O7S.2Na/c42-27-12-9-25(10-13-27)38-40-32-16-17-33(30-20-28(49(46,47)48)14-15-29(30)32)41-37-24-7-3-22(4-8-24)21-1-5-23(6-2-21)36-39-26-11-18-34(43)31(19-26)35(44)45;;/h1-20,36,40H,(H,44,45)(H,46,47,48);;/q;2*+1/p-2/b39-26+,41-37?;;. The van der Waals surface area contributed by atoms with Crippen molar-refractivity contribution in [3.63, 3.8) is 0 Å². The predicted octanol–water partition coefficient (Wildman–Crippen LogP) is -1.12. The van der Waals surface area contributed by atoms with Crippen LogP contribution in [0.4, 0.5) is 22.7 Å². The molecule has 0 radical (unpaired) electrons. The first-order valence-electron chi connectivity index (χ1n) is 14.4. The molecule has 0 saturated carbocycles. The second-order valence-corrected chi connectivity index (χ2v) is 11.9. The van der Waals surface area contributed by atoms with E-state index < -0.39 is 32.3 Å². The van der Waals surface area contributed by atoms with E-state index >= 15 is 0 Å². The van der Waals surface area contributed by atoms with Crippen LogP contribution in [0.1, 0.15) is 0 Å². The molecule has 13 nitrogen and oxygen atoms in total. The van der Waals surface area contributed by atoms with Gasteiger partial charge in [0.05, 0.1) is 45.0 Å². The molecule has 2 N–H and O–H groups in total. The van der Waals surface area contributed by atoms with E-state index in [0.29, 0.717) is 39.2 Å². The molecular formula is C35H22N6Na2O7S. The topological polar surface area (TPSA) is 205 Å². The Morgan fingerprint density at radius 2 is 1.29 bits per heavy atom. The van der Waals surface area contributed by atoms with Crippen LogP contribution >= 0.6 is 0 Å². The monoisotopic (exact) mass is 716 g/mol. The number of carbonyl (C=O) groups excluding carboxylic acids is 3. The Kier molecular flexibility index (Phi) is 13.1. The Morgan fingerprint density at radius 3 is 1.94 bits per heavy atom. The molecule has 0 aromatic heterocycles. The van der Waals surface area contributed by atoms with Crippen LogP contribution in [0.2, 0.25) is 0 Å². The first-order chi connectivity index (χ1) is 23.5. The Hall–Kier alpha value is -4.64. The number of carbonyl (C=O) groups is 3. The number of nitrogens with one attached hydrogen (secondary N) is 2. The third kappa shape index (κ3) is 9.78. The van der Waals surface area contributed by atoms with Gasteiger partial charge in [-0.2, -0.15) is 15.3 Å². The zero-order valence-electron chi connectivity index (χ0n) is 27.1. The van der Waals surface area contributed by atoms with Crippen molar-refractivity contribution in [1.29, 1.82) is 0 Å². The third-order valence-electron chi connectivity index (χ3n) is 7.25. The zero-order valence-corrected chi connectivity index (χ0v) is 31.9. The summed E-state index contributed by atoms with van der Waals surface area (Å²) in [7, 11) is -4.74. The second kappa shape index (κ2) is 17.0. The number of nitrogens with zero attached hydrogens (tertiary/aromatic N) is 4. The van der Waals surface area contributed by atoms with Crippen molar-refractivity contribution < 1.29 is 91.6 Å². The van der Waals surface area contributed by atoms with Crippen molar-refractivity contribution in [3.8, 4) is 11.1 Å². The van der Waals surface area contributed by atoms with Gasteiger partial charge in [-0.25, -0.2) is 8.42 Å². The van der Waals surface area contributed by atoms with Gasteiger partial charge in [0, 0.05) is 16.3 Å². The first-order valence-corrected chi connectivity index (χ1v) is 15.8. The zero-order chi connectivity index (χ0) is 34.5. The maximum atomic E-state index is 11.8. The smallest absolute Gasteiger partial charge is 0.744 e. The Balaban J connectivity index is 0.00000292. The molecule has 2 aliphatic carbocycles. The molecule has 0 atom stereocenters. The minimum absolute atomic E-state index is 0. The Labute approximate surface area is 335 Å². The molecule has 4 aromatic carbocycles. The van der Waals surface area contributed by atoms with Crippen LogP contribution in [0.3, 0.4) is 0 Å². The summed E-state index contributed by atoms with van der Waals surface area (Å²) in [6.07, 6.45) is 9.51. The summed E-state index contributed by atoms with van der Waals surface area (Å²) < 4.78 is 35.4. The van der Waals surface area contributed by atoms with Gasteiger partial charge in [0.2, 0.25) is 0 Å². The fraction of sp³-hybridized carbons (Fsp3) is 0. The van der Waals surface area contributed by atoms with Crippen molar-refractivity contribution >= 4 is 72.6 Å². The van der Waals surface area contributed by atoms with Crippen LogP contribution in [0.5, 0.6) is 0 Å². The van der Waals surface area contributed by atoms with E-state index in [0.717, 1.165) is 23.3 Å². The first kappa shape index (κ1) is 39.2. The summed E-state index contributed by atoms with van der Waals surface area (Å²) in [5.74, 6) is -2.38. The molecule has 0 bridgehead atoms. The fourth-order valence-corrected chi connectivity index (χ4v) is 5.24. The number of anilines is 2. The largest absolute Gasteiger partial charge is 1.00 e. The number of benzene rings is 4. The van der Waals surface area contributed by atoms with Gasteiger partial charge in [0.15, 0.2) is 11.6 Å². The summed E-state index contributed by atoms with van der Waals surface area (Å²) in [6.45, 7) is 0. The van der Waals surface area contributed by atoms with E-state index in [4.69, 9.17) is 0 Å². The van der Waals surface area contributed by atoms with Crippen molar-refractivity contribution in [3.05, 3.63) is 127 Å². The molecule has 4 aromatic rings. The summed E-state index contributed by atoms with van der Waals surface area (Å²) >= 11 is 0.